The third-order valence-electron chi connectivity index (χ3n) is 5.16. The highest BCUT2D eigenvalue weighted by molar-refractivity contribution is 6.62. The molecule has 2 heterocycles. The molecule has 0 saturated heterocycles. The van der Waals surface area contributed by atoms with Gasteiger partial charge in [0.25, 0.3) is 0 Å². The van der Waals surface area contributed by atoms with Crippen LogP contribution in [-0.2, 0) is 20.7 Å². The Balaban J connectivity index is 1.66. The molecule has 4 nitrogen and oxygen atoms in total. The quantitative estimate of drug-likeness (QED) is 0.565. The summed E-state index contributed by atoms with van der Waals surface area (Å²) < 4.78 is 5.63. The SMILES string of the molecule is CC1(C)OB(O)c2ccc(C3=NO[C@](C)(c4cc(Cl)c(Cl)c(Cl)c4)C3)cc21. The molecule has 2 aromatic carbocycles. The first-order valence-electron chi connectivity index (χ1n) is 8.51. The Morgan fingerprint density at radius 3 is 2.41 bits per heavy atom. The van der Waals surface area contributed by atoms with E-state index in [9.17, 15) is 5.02 Å². The summed E-state index contributed by atoms with van der Waals surface area (Å²) in [6.07, 6.45) is 0.546. The molecule has 140 valence electrons. The van der Waals surface area contributed by atoms with E-state index in [1.165, 1.54) is 0 Å². The largest absolute Gasteiger partial charge is 0.492 e. The number of oxime groups is 1. The molecule has 4 rings (SSSR count). The average Bonchev–Trinajstić information content (AvgIpc) is 3.11. The zero-order valence-corrected chi connectivity index (χ0v) is 17.3. The fourth-order valence-electron chi connectivity index (χ4n) is 3.59. The molecule has 0 amide bonds. The summed E-state index contributed by atoms with van der Waals surface area (Å²) in [5.41, 5.74) is 3.00. The van der Waals surface area contributed by atoms with E-state index in [2.05, 4.69) is 5.16 Å². The van der Waals surface area contributed by atoms with E-state index in [0.717, 1.165) is 27.9 Å². The first kappa shape index (κ1) is 19.1. The fourth-order valence-corrected chi connectivity index (χ4v) is 4.19. The van der Waals surface area contributed by atoms with Gasteiger partial charge >= 0.3 is 7.12 Å². The molecule has 0 fully saturated rings. The van der Waals surface area contributed by atoms with Gasteiger partial charge in [0.1, 0.15) is 0 Å². The normalized spacial score (nSPS) is 23.2. The van der Waals surface area contributed by atoms with E-state index in [1.807, 2.05) is 39.0 Å². The van der Waals surface area contributed by atoms with Crippen LogP contribution in [0.2, 0.25) is 15.1 Å². The third-order valence-corrected chi connectivity index (χ3v) is 6.36. The fraction of sp³-hybridized carbons (Fsp3) is 0.316. The lowest BCUT2D eigenvalue weighted by Crippen LogP contribution is -2.28. The lowest BCUT2D eigenvalue weighted by molar-refractivity contribution is -0.00737. The monoisotopic (exact) mass is 423 g/mol. The van der Waals surface area contributed by atoms with E-state index >= 15 is 0 Å². The maximum Gasteiger partial charge on any atom is 0.492 e. The summed E-state index contributed by atoms with van der Waals surface area (Å²) in [5.74, 6) is 0. The van der Waals surface area contributed by atoms with Gasteiger partial charge < -0.3 is 14.5 Å². The highest BCUT2D eigenvalue weighted by Gasteiger charge is 2.42. The predicted octanol–water partition coefficient (Wildman–Crippen LogP) is 4.64. The Labute approximate surface area is 173 Å². The smallest absolute Gasteiger partial charge is 0.423 e. The number of nitrogens with zero attached hydrogens (tertiary/aromatic N) is 1. The van der Waals surface area contributed by atoms with Crippen LogP contribution in [0.25, 0.3) is 0 Å². The lowest BCUT2D eigenvalue weighted by atomic mass is 9.77. The Morgan fingerprint density at radius 2 is 1.74 bits per heavy atom. The van der Waals surface area contributed by atoms with E-state index < -0.39 is 18.3 Å². The van der Waals surface area contributed by atoms with Gasteiger partial charge in [-0.2, -0.15) is 0 Å². The van der Waals surface area contributed by atoms with Crippen molar-refractivity contribution in [3.8, 4) is 0 Å². The molecule has 0 saturated carbocycles. The minimum atomic E-state index is -0.908. The van der Waals surface area contributed by atoms with Gasteiger partial charge in [-0.25, -0.2) is 0 Å². The second-order valence-electron chi connectivity index (χ2n) is 7.57. The Kier molecular flexibility index (Phi) is 4.52. The van der Waals surface area contributed by atoms with Crippen molar-refractivity contribution in [3.63, 3.8) is 0 Å². The van der Waals surface area contributed by atoms with Crippen LogP contribution in [0.3, 0.4) is 0 Å². The topological polar surface area (TPSA) is 51.0 Å². The minimum Gasteiger partial charge on any atom is -0.423 e. The molecule has 2 aromatic rings. The first-order valence-corrected chi connectivity index (χ1v) is 9.65. The van der Waals surface area contributed by atoms with Gasteiger partial charge in [0, 0.05) is 12.0 Å². The van der Waals surface area contributed by atoms with Crippen molar-refractivity contribution < 1.29 is 14.5 Å². The molecule has 0 spiro atoms. The zero-order chi connectivity index (χ0) is 19.6. The van der Waals surface area contributed by atoms with Crippen LogP contribution in [-0.4, -0.2) is 17.9 Å². The van der Waals surface area contributed by atoms with Gasteiger partial charge in [0.2, 0.25) is 0 Å². The molecule has 0 aliphatic carbocycles. The van der Waals surface area contributed by atoms with E-state index in [-0.39, 0.29) is 0 Å². The Morgan fingerprint density at radius 1 is 1.07 bits per heavy atom. The molecule has 0 aromatic heterocycles. The first-order chi connectivity index (χ1) is 12.6. The molecule has 0 radical (unpaired) electrons. The van der Waals surface area contributed by atoms with Gasteiger partial charge in [-0.15, -0.1) is 0 Å². The van der Waals surface area contributed by atoms with Crippen LogP contribution in [0.4, 0.5) is 0 Å². The maximum atomic E-state index is 10.1. The van der Waals surface area contributed by atoms with Crippen LogP contribution in [0.1, 0.15) is 43.9 Å². The standard InChI is InChI=1S/C19H17BCl3NO3/c1-18(2)12-6-10(4-5-13(12)20(25)26-18)16-9-19(3,27-24-16)11-7-14(21)17(23)15(22)8-11/h4-8,25H,9H2,1-3H3/t19-/m0/s1. The van der Waals surface area contributed by atoms with Gasteiger partial charge in [-0.3, -0.25) is 0 Å². The second kappa shape index (κ2) is 6.40. The Hall–Kier alpha value is -1.24. The highest BCUT2D eigenvalue weighted by Crippen LogP contribution is 2.41. The molecule has 0 bridgehead atoms. The number of rotatable bonds is 2. The molecule has 27 heavy (non-hydrogen) atoms. The molecule has 8 heteroatoms. The van der Waals surface area contributed by atoms with Gasteiger partial charge in [0.05, 0.1) is 26.4 Å². The molecule has 2 aliphatic heterocycles. The van der Waals surface area contributed by atoms with Crippen molar-refractivity contribution in [2.45, 2.75) is 38.4 Å². The van der Waals surface area contributed by atoms with Crippen LogP contribution in [0.5, 0.6) is 0 Å². The minimum absolute atomic E-state index is 0.323. The molecule has 0 unspecified atom stereocenters. The van der Waals surface area contributed by atoms with E-state index in [0.29, 0.717) is 21.5 Å². The zero-order valence-electron chi connectivity index (χ0n) is 15.0. The third kappa shape index (κ3) is 3.16. The summed E-state index contributed by atoms with van der Waals surface area (Å²) in [6.45, 7) is 5.80. The van der Waals surface area contributed by atoms with Crippen LogP contribution in [0, 0.1) is 0 Å². The van der Waals surface area contributed by atoms with Crippen molar-refractivity contribution in [1.29, 1.82) is 0 Å². The molecule has 1 N–H and O–H groups in total. The summed E-state index contributed by atoms with van der Waals surface area (Å²) in [5, 5.41) is 15.4. The second-order valence-corrected chi connectivity index (χ2v) is 8.77. The van der Waals surface area contributed by atoms with Crippen LogP contribution < -0.4 is 5.46 Å². The van der Waals surface area contributed by atoms with Crippen molar-refractivity contribution in [2.75, 3.05) is 0 Å². The number of halogens is 3. The predicted molar refractivity (Wildman–Crippen MR) is 109 cm³/mol. The summed E-state index contributed by atoms with van der Waals surface area (Å²) >= 11 is 18.4. The van der Waals surface area contributed by atoms with Crippen molar-refractivity contribution in [1.82, 2.24) is 0 Å². The van der Waals surface area contributed by atoms with Gasteiger partial charge in [0.15, 0.2) is 5.60 Å². The van der Waals surface area contributed by atoms with Crippen molar-refractivity contribution >= 4 is 53.1 Å². The Bertz CT molecular complexity index is 956. The summed E-state index contributed by atoms with van der Waals surface area (Å²) in [6, 6.07) is 9.30. The summed E-state index contributed by atoms with van der Waals surface area (Å²) in [4.78, 5) is 5.78. The summed E-state index contributed by atoms with van der Waals surface area (Å²) in [7, 11) is -0.908. The average molecular weight is 425 g/mol. The van der Waals surface area contributed by atoms with Gasteiger partial charge in [-0.1, -0.05) is 52.1 Å². The molecule has 1 atom stereocenters. The molecule has 2 aliphatic rings. The molecular formula is C19H17BCl3NO3. The number of fused-ring (bicyclic) bond motifs is 1. The number of benzene rings is 2. The highest BCUT2D eigenvalue weighted by atomic mass is 35.5. The maximum absolute atomic E-state index is 10.1. The number of hydrogen-bond acceptors (Lipinski definition) is 4. The van der Waals surface area contributed by atoms with E-state index in [1.54, 1.807) is 12.1 Å². The van der Waals surface area contributed by atoms with Gasteiger partial charge in [-0.05, 0) is 55.6 Å². The number of hydrogen-bond donors (Lipinski definition) is 1. The molecular weight excluding hydrogens is 407 g/mol. The van der Waals surface area contributed by atoms with Crippen molar-refractivity contribution in [3.05, 3.63) is 62.1 Å². The van der Waals surface area contributed by atoms with Crippen LogP contribution in [0.15, 0.2) is 35.5 Å². The van der Waals surface area contributed by atoms with Crippen molar-refractivity contribution in [2.24, 2.45) is 5.16 Å². The lowest BCUT2D eigenvalue weighted by Gasteiger charge is -2.23. The van der Waals surface area contributed by atoms with Crippen LogP contribution >= 0.6 is 34.8 Å². The van der Waals surface area contributed by atoms with E-state index in [4.69, 9.17) is 44.3 Å².